The van der Waals surface area contributed by atoms with Crippen LogP contribution in [0.2, 0.25) is 0 Å². The Hall–Kier alpha value is -2.46. The molecule has 1 aromatic heterocycles. The van der Waals surface area contributed by atoms with Crippen molar-refractivity contribution < 1.29 is 4.79 Å². The lowest BCUT2D eigenvalue weighted by Crippen LogP contribution is -2.28. The molecule has 0 spiro atoms. The minimum atomic E-state index is -0.00700. The normalized spacial score (nSPS) is 11.9. The number of rotatable bonds is 5. The van der Waals surface area contributed by atoms with Crippen LogP contribution in [-0.4, -0.2) is 10.9 Å². The molecule has 122 valence electrons. The van der Waals surface area contributed by atoms with Gasteiger partial charge in [0.2, 0.25) is 5.91 Å². The molecule has 0 aliphatic rings. The summed E-state index contributed by atoms with van der Waals surface area (Å²) in [5.74, 6) is -0.00700. The molecule has 4 heteroatoms. The van der Waals surface area contributed by atoms with E-state index in [1.54, 1.807) is 11.3 Å². The van der Waals surface area contributed by atoms with Crippen LogP contribution in [0.3, 0.4) is 0 Å². The molecule has 0 aliphatic heterocycles. The summed E-state index contributed by atoms with van der Waals surface area (Å²) >= 11 is 1.58. The van der Waals surface area contributed by atoms with Crippen molar-refractivity contribution >= 4 is 17.2 Å². The molecule has 1 unspecified atom stereocenters. The lowest BCUT2D eigenvalue weighted by molar-refractivity contribution is -0.121. The van der Waals surface area contributed by atoms with E-state index in [2.05, 4.69) is 29.4 Å². The Morgan fingerprint density at radius 2 is 1.96 bits per heavy atom. The SMILES string of the molecule is Cc1cccc(-c2nc(CC(=O)NC(C)c3ccccc3)cs2)c1. The molecule has 2 aromatic carbocycles. The van der Waals surface area contributed by atoms with Gasteiger partial charge in [-0.3, -0.25) is 4.79 Å². The fourth-order valence-electron chi connectivity index (χ4n) is 2.58. The summed E-state index contributed by atoms with van der Waals surface area (Å²) in [4.78, 5) is 16.8. The minimum absolute atomic E-state index is 0.00595. The van der Waals surface area contributed by atoms with E-state index < -0.39 is 0 Å². The van der Waals surface area contributed by atoms with Crippen LogP contribution < -0.4 is 5.32 Å². The Kier molecular flexibility index (Phi) is 5.06. The third kappa shape index (κ3) is 4.09. The molecule has 1 amide bonds. The van der Waals surface area contributed by atoms with E-state index in [-0.39, 0.29) is 11.9 Å². The number of carbonyl (C=O) groups excluding carboxylic acids is 1. The van der Waals surface area contributed by atoms with Crippen LogP contribution >= 0.6 is 11.3 Å². The maximum atomic E-state index is 12.2. The summed E-state index contributed by atoms with van der Waals surface area (Å²) in [6.45, 7) is 4.06. The molecule has 1 atom stereocenters. The first kappa shape index (κ1) is 16.4. The van der Waals surface area contributed by atoms with Crippen molar-refractivity contribution in [3.63, 3.8) is 0 Å². The Bertz CT molecular complexity index is 826. The predicted octanol–water partition coefficient (Wildman–Crippen LogP) is 4.54. The highest BCUT2D eigenvalue weighted by molar-refractivity contribution is 7.13. The fourth-order valence-corrected chi connectivity index (χ4v) is 3.40. The molecule has 0 radical (unpaired) electrons. The Morgan fingerprint density at radius 3 is 2.71 bits per heavy atom. The van der Waals surface area contributed by atoms with Gasteiger partial charge >= 0.3 is 0 Å². The van der Waals surface area contributed by atoms with Crippen LogP contribution in [0.4, 0.5) is 0 Å². The van der Waals surface area contributed by atoms with Gasteiger partial charge in [-0.15, -0.1) is 11.3 Å². The topological polar surface area (TPSA) is 42.0 Å². The molecule has 3 aromatic rings. The quantitative estimate of drug-likeness (QED) is 0.743. The third-order valence-corrected chi connectivity index (χ3v) is 4.78. The Morgan fingerprint density at radius 1 is 1.17 bits per heavy atom. The lowest BCUT2D eigenvalue weighted by atomic mass is 10.1. The molecular weight excluding hydrogens is 316 g/mol. The second kappa shape index (κ2) is 7.41. The highest BCUT2D eigenvalue weighted by Gasteiger charge is 2.12. The lowest BCUT2D eigenvalue weighted by Gasteiger charge is -2.13. The molecule has 0 saturated heterocycles. The summed E-state index contributed by atoms with van der Waals surface area (Å²) in [7, 11) is 0. The zero-order valence-electron chi connectivity index (χ0n) is 13.8. The van der Waals surface area contributed by atoms with Crippen molar-refractivity contribution in [2.24, 2.45) is 0 Å². The number of aromatic nitrogens is 1. The smallest absolute Gasteiger partial charge is 0.226 e. The van der Waals surface area contributed by atoms with Gasteiger partial charge in [0, 0.05) is 10.9 Å². The molecule has 3 nitrogen and oxygen atoms in total. The number of nitrogens with zero attached hydrogens (tertiary/aromatic N) is 1. The molecule has 0 saturated carbocycles. The largest absolute Gasteiger partial charge is 0.349 e. The van der Waals surface area contributed by atoms with Crippen molar-refractivity contribution in [1.29, 1.82) is 0 Å². The second-order valence-electron chi connectivity index (χ2n) is 5.89. The monoisotopic (exact) mass is 336 g/mol. The third-order valence-electron chi connectivity index (χ3n) is 3.84. The summed E-state index contributed by atoms with van der Waals surface area (Å²) in [5, 5.41) is 5.95. The Balaban J connectivity index is 1.63. The molecule has 0 bridgehead atoms. The number of nitrogens with one attached hydrogen (secondary N) is 1. The molecule has 3 rings (SSSR count). The first-order chi connectivity index (χ1) is 11.6. The number of carbonyl (C=O) groups is 1. The zero-order chi connectivity index (χ0) is 16.9. The number of hydrogen-bond donors (Lipinski definition) is 1. The molecular formula is C20H20N2OS. The Labute approximate surface area is 146 Å². The van der Waals surface area contributed by atoms with Crippen LogP contribution in [0.5, 0.6) is 0 Å². The van der Waals surface area contributed by atoms with Crippen molar-refractivity contribution in [3.05, 3.63) is 76.8 Å². The van der Waals surface area contributed by atoms with Gasteiger partial charge in [0.1, 0.15) is 5.01 Å². The van der Waals surface area contributed by atoms with Crippen LogP contribution in [-0.2, 0) is 11.2 Å². The van der Waals surface area contributed by atoms with Crippen molar-refractivity contribution in [2.75, 3.05) is 0 Å². The summed E-state index contributed by atoms with van der Waals surface area (Å²) in [5.41, 5.74) is 4.22. The first-order valence-electron chi connectivity index (χ1n) is 7.97. The number of aryl methyl sites for hydroxylation is 1. The van der Waals surface area contributed by atoms with Crippen LogP contribution in [0.1, 0.15) is 29.8 Å². The summed E-state index contributed by atoms with van der Waals surface area (Å²) in [6.07, 6.45) is 0.305. The number of amides is 1. The van der Waals surface area contributed by atoms with Crippen molar-refractivity contribution in [3.8, 4) is 10.6 Å². The van der Waals surface area contributed by atoms with E-state index >= 15 is 0 Å². The van der Waals surface area contributed by atoms with Gasteiger partial charge in [0.25, 0.3) is 0 Å². The van der Waals surface area contributed by atoms with E-state index in [0.29, 0.717) is 6.42 Å². The predicted molar refractivity (Wildman–Crippen MR) is 99.0 cm³/mol. The average molecular weight is 336 g/mol. The maximum Gasteiger partial charge on any atom is 0.226 e. The standard InChI is InChI=1S/C20H20N2OS/c1-14-7-6-10-17(11-14)20-22-18(13-24-20)12-19(23)21-15(2)16-8-4-3-5-9-16/h3-11,13,15H,12H2,1-2H3,(H,21,23). The van der Waals surface area contributed by atoms with Gasteiger partial charge in [0.15, 0.2) is 0 Å². The van der Waals surface area contributed by atoms with Gasteiger partial charge in [0.05, 0.1) is 18.2 Å². The summed E-state index contributed by atoms with van der Waals surface area (Å²) in [6, 6.07) is 18.2. The maximum absolute atomic E-state index is 12.2. The molecule has 0 fully saturated rings. The molecule has 1 N–H and O–H groups in total. The van der Waals surface area contributed by atoms with E-state index in [1.165, 1.54) is 5.56 Å². The fraction of sp³-hybridized carbons (Fsp3) is 0.200. The van der Waals surface area contributed by atoms with Gasteiger partial charge in [-0.25, -0.2) is 4.98 Å². The van der Waals surface area contributed by atoms with E-state index in [4.69, 9.17) is 0 Å². The minimum Gasteiger partial charge on any atom is -0.349 e. The van der Waals surface area contributed by atoms with Crippen LogP contribution in [0.15, 0.2) is 60.0 Å². The van der Waals surface area contributed by atoms with Gasteiger partial charge in [-0.05, 0) is 25.5 Å². The van der Waals surface area contributed by atoms with Gasteiger partial charge in [-0.1, -0.05) is 54.1 Å². The van der Waals surface area contributed by atoms with Gasteiger partial charge in [-0.2, -0.15) is 0 Å². The second-order valence-corrected chi connectivity index (χ2v) is 6.75. The van der Waals surface area contributed by atoms with E-state index in [0.717, 1.165) is 21.8 Å². The highest BCUT2D eigenvalue weighted by Crippen LogP contribution is 2.24. The highest BCUT2D eigenvalue weighted by atomic mass is 32.1. The van der Waals surface area contributed by atoms with Crippen LogP contribution in [0.25, 0.3) is 10.6 Å². The first-order valence-corrected chi connectivity index (χ1v) is 8.85. The summed E-state index contributed by atoms with van der Waals surface area (Å²) < 4.78 is 0. The number of hydrogen-bond acceptors (Lipinski definition) is 3. The zero-order valence-corrected chi connectivity index (χ0v) is 14.6. The van der Waals surface area contributed by atoms with Crippen molar-refractivity contribution in [2.45, 2.75) is 26.3 Å². The molecule has 24 heavy (non-hydrogen) atoms. The average Bonchev–Trinajstić information content (AvgIpc) is 3.04. The number of benzene rings is 2. The van der Waals surface area contributed by atoms with Crippen LogP contribution in [0, 0.1) is 6.92 Å². The van der Waals surface area contributed by atoms with Gasteiger partial charge < -0.3 is 5.32 Å². The molecule has 1 heterocycles. The van der Waals surface area contributed by atoms with Crippen molar-refractivity contribution in [1.82, 2.24) is 10.3 Å². The van der Waals surface area contributed by atoms with E-state index in [9.17, 15) is 4.79 Å². The van der Waals surface area contributed by atoms with E-state index in [1.807, 2.05) is 54.8 Å². The molecule has 0 aliphatic carbocycles. The number of thiazole rings is 1.